The number of aliphatic imine (C=N–C) groups is 1. The van der Waals surface area contributed by atoms with Crippen LogP contribution in [0.1, 0.15) is 35.2 Å². The Labute approximate surface area is 187 Å². The minimum atomic E-state index is -0.0199. The number of carbonyl (C=O) groups is 1. The summed E-state index contributed by atoms with van der Waals surface area (Å²) >= 11 is 1.45. The minimum Gasteiger partial charge on any atom is -0.467 e. The Bertz CT molecular complexity index is 663. The van der Waals surface area contributed by atoms with E-state index in [-0.39, 0.29) is 29.9 Å². The fraction of sp³-hybridized carbons (Fsp3) is 0.474. The molecule has 2 heterocycles. The summed E-state index contributed by atoms with van der Waals surface area (Å²) in [6, 6.07) is 7.45. The van der Waals surface area contributed by atoms with Crippen LogP contribution in [0.4, 0.5) is 0 Å². The molecule has 0 bridgehead atoms. The summed E-state index contributed by atoms with van der Waals surface area (Å²) < 4.78 is 10.8. The molecule has 0 aromatic carbocycles. The van der Waals surface area contributed by atoms with Gasteiger partial charge in [0.25, 0.3) is 5.91 Å². The highest BCUT2D eigenvalue weighted by Gasteiger charge is 2.04. The Hall–Kier alpha value is -1.59. The fourth-order valence-electron chi connectivity index (χ4n) is 2.26. The number of hydrogen-bond acceptors (Lipinski definition) is 5. The molecule has 7 nitrogen and oxygen atoms in total. The molecule has 0 fully saturated rings. The van der Waals surface area contributed by atoms with E-state index >= 15 is 0 Å². The van der Waals surface area contributed by atoms with Gasteiger partial charge in [-0.2, -0.15) is 0 Å². The lowest BCUT2D eigenvalue weighted by atomic mass is 10.4. The van der Waals surface area contributed by atoms with Crippen LogP contribution in [0, 0.1) is 0 Å². The van der Waals surface area contributed by atoms with Gasteiger partial charge in [-0.05, 0) is 43.3 Å². The van der Waals surface area contributed by atoms with E-state index in [1.165, 1.54) is 11.3 Å². The van der Waals surface area contributed by atoms with Crippen LogP contribution >= 0.6 is 35.3 Å². The van der Waals surface area contributed by atoms with Crippen LogP contribution in [-0.2, 0) is 11.3 Å². The fourth-order valence-corrected chi connectivity index (χ4v) is 2.90. The average Bonchev–Trinajstić information content (AvgIpc) is 3.37. The van der Waals surface area contributed by atoms with Gasteiger partial charge >= 0.3 is 0 Å². The van der Waals surface area contributed by atoms with E-state index in [2.05, 4.69) is 20.9 Å². The van der Waals surface area contributed by atoms with Crippen LogP contribution in [0.25, 0.3) is 0 Å². The van der Waals surface area contributed by atoms with E-state index in [0.29, 0.717) is 26.3 Å². The quantitative estimate of drug-likeness (QED) is 0.173. The third-order valence-corrected chi connectivity index (χ3v) is 4.43. The number of nitrogens with zero attached hydrogens (tertiary/aromatic N) is 1. The highest BCUT2D eigenvalue weighted by Crippen LogP contribution is 2.07. The number of halogens is 1. The number of guanidine groups is 1. The topological polar surface area (TPSA) is 87.9 Å². The molecule has 2 aromatic heterocycles. The van der Waals surface area contributed by atoms with Gasteiger partial charge in [0, 0.05) is 32.8 Å². The Balaban J connectivity index is 0.00000392. The first-order valence-corrected chi connectivity index (χ1v) is 10.1. The summed E-state index contributed by atoms with van der Waals surface area (Å²) in [6.45, 7) is 6.02. The number of nitrogens with one attached hydrogen (secondary N) is 3. The molecule has 2 rings (SSSR count). The van der Waals surface area contributed by atoms with Crippen LogP contribution in [0.2, 0.25) is 0 Å². The standard InChI is InChI=1S/C19H28N4O3S.HI/c1-2-20-19(23-11-6-12-25-15-16-7-3-13-26-16)22-10-5-9-21-18(24)17-8-4-14-27-17;/h3-4,7-8,13-14H,2,5-6,9-12,15H2,1H3,(H,21,24)(H2,20,22,23);1H. The molecular formula is C19H29IN4O3S. The molecule has 0 atom stereocenters. The van der Waals surface area contributed by atoms with Gasteiger partial charge in [-0.1, -0.05) is 6.07 Å². The maximum absolute atomic E-state index is 11.8. The van der Waals surface area contributed by atoms with Gasteiger partial charge in [0.2, 0.25) is 0 Å². The lowest BCUT2D eigenvalue weighted by Gasteiger charge is -2.11. The molecule has 0 spiro atoms. The number of hydrogen-bond donors (Lipinski definition) is 3. The van der Waals surface area contributed by atoms with Crippen LogP contribution in [0.3, 0.4) is 0 Å². The highest BCUT2D eigenvalue weighted by atomic mass is 127. The monoisotopic (exact) mass is 520 g/mol. The first-order chi connectivity index (χ1) is 13.3. The first kappa shape index (κ1) is 24.4. The van der Waals surface area contributed by atoms with Gasteiger partial charge in [0.15, 0.2) is 5.96 Å². The average molecular weight is 520 g/mol. The number of rotatable bonds is 12. The van der Waals surface area contributed by atoms with E-state index < -0.39 is 0 Å². The summed E-state index contributed by atoms with van der Waals surface area (Å²) in [5.74, 6) is 1.60. The summed E-state index contributed by atoms with van der Waals surface area (Å²) in [5, 5.41) is 11.3. The van der Waals surface area contributed by atoms with E-state index in [1.54, 1.807) is 6.26 Å². The van der Waals surface area contributed by atoms with Gasteiger partial charge in [-0.15, -0.1) is 35.3 Å². The number of thiophene rings is 1. The van der Waals surface area contributed by atoms with Gasteiger partial charge in [0.05, 0.1) is 11.1 Å². The Kier molecular flexibility index (Phi) is 13.4. The van der Waals surface area contributed by atoms with E-state index in [0.717, 1.165) is 42.5 Å². The molecule has 0 radical (unpaired) electrons. The SMILES string of the molecule is CCNC(=NCCCNC(=O)c1cccs1)NCCCOCc1ccco1.I. The van der Waals surface area contributed by atoms with Crippen LogP contribution in [0.5, 0.6) is 0 Å². The normalized spacial score (nSPS) is 11.0. The van der Waals surface area contributed by atoms with Crippen molar-refractivity contribution >= 4 is 47.2 Å². The van der Waals surface area contributed by atoms with Crippen molar-refractivity contribution < 1.29 is 13.9 Å². The number of ether oxygens (including phenoxy) is 1. The second-order valence-electron chi connectivity index (χ2n) is 5.76. The Morgan fingerprint density at radius 2 is 2.04 bits per heavy atom. The number of carbonyl (C=O) groups excluding carboxylic acids is 1. The molecule has 0 saturated carbocycles. The largest absolute Gasteiger partial charge is 0.467 e. The predicted molar refractivity (Wildman–Crippen MR) is 124 cm³/mol. The van der Waals surface area contributed by atoms with Crippen molar-refractivity contribution in [2.75, 3.05) is 32.8 Å². The lowest BCUT2D eigenvalue weighted by Crippen LogP contribution is -2.38. The zero-order chi connectivity index (χ0) is 19.2. The van der Waals surface area contributed by atoms with Gasteiger partial charge in [0.1, 0.15) is 12.4 Å². The Morgan fingerprint density at radius 3 is 2.75 bits per heavy atom. The number of furan rings is 1. The summed E-state index contributed by atoms with van der Waals surface area (Å²) in [6.07, 6.45) is 3.31. The highest BCUT2D eigenvalue weighted by molar-refractivity contribution is 14.0. The first-order valence-electron chi connectivity index (χ1n) is 9.23. The van der Waals surface area contributed by atoms with Crippen molar-refractivity contribution in [3.8, 4) is 0 Å². The predicted octanol–water partition coefficient (Wildman–Crippen LogP) is 3.24. The molecule has 156 valence electrons. The second-order valence-corrected chi connectivity index (χ2v) is 6.71. The molecule has 2 aromatic rings. The molecule has 0 aliphatic rings. The Morgan fingerprint density at radius 1 is 1.18 bits per heavy atom. The molecule has 0 unspecified atom stereocenters. The number of amides is 1. The van der Waals surface area contributed by atoms with Crippen molar-refractivity contribution in [1.82, 2.24) is 16.0 Å². The van der Waals surface area contributed by atoms with Crippen LogP contribution < -0.4 is 16.0 Å². The van der Waals surface area contributed by atoms with Crippen molar-refractivity contribution in [2.24, 2.45) is 4.99 Å². The zero-order valence-corrected chi connectivity index (χ0v) is 19.3. The minimum absolute atomic E-state index is 0. The molecule has 0 aliphatic heterocycles. The van der Waals surface area contributed by atoms with Crippen LogP contribution in [0.15, 0.2) is 45.3 Å². The molecule has 1 amide bonds. The third-order valence-electron chi connectivity index (χ3n) is 3.56. The van der Waals surface area contributed by atoms with Crippen LogP contribution in [-0.4, -0.2) is 44.7 Å². The lowest BCUT2D eigenvalue weighted by molar-refractivity contribution is 0.0957. The summed E-state index contributed by atoms with van der Waals surface area (Å²) in [5.41, 5.74) is 0. The van der Waals surface area contributed by atoms with Crippen molar-refractivity contribution in [1.29, 1.82) is 0 Å². The maximum atomic E-state index is 11.8. The van der Waals surface area contributed by atoms with E-state index in [1.807, 2.05) is 36.6 Å². The zero-order valence-electron chi connectivity index (χ0n) is 16.1. The van der Waals surface area contributed by atoms with Gasteiger partial charge in [-0.25, -0.2) is 0 Å². The van der Waals surface area contributed by atoms with Gasteiger partial charge in [-0.3, -0.25) is 9.79 Å². The molecular weight excluding hydrogens is 491 g/mol. The van der Waals surface area contributed by atoms with Crippen molar-refractivity contribution in [3.05, 3.63) is 46.5 Å². The maximum Gasteiger partial charge on any atom is 0.261 e. The van der Waals surface area contributed by atoms with Crippen molar-refractivity contribution in [3.63, 3.8) is 0 Å². The smallest absolute Gasteiger partial charge is 0.261 e. The van der Waals surface area contributed by atoms with Gasteiger partial charge < -0.3 is 25.1 Å². The van der Waals surface area contributed by atoms with Crippen molar-refractivity contribution in [2.45, 2.75) is 26.4 Å². The molecule has 3 N–H and O–H groups in total. The van der Waals surface area contributed by atoms with E-state index in [9.17, 15) is 4.79 Å². The molecule has 0 saturated heterocycles. The second kappa shape index (κ2) is 15.3. The third kappa shape index (κ3) is 10.1. The molecule has 9 heteroatoms. The summed E-state index contributed by atoms with van der Waals surface area (Å²) in [4.78, 5) is 17.1. The van der Waals surface area contributed by atoms with E-state index in [4.69, 9.17) is 9.15 Å². The summed E-state index contributed by atoms with van der Waals surface area (Å²) in [7, 11) is 0. The molecule has 0 aliphatic carbocycles. The molecule has 28 heavy (non-hydrogen) atoms.